The molecule has 0 spiro atoms. The average Bonchev–Trinajstić information content (AvgIpc) is 2.26. The van der Waals surface area contributed by atoms with Crippen molar-refractivity contribution in [2.24, 2.45) is 0 Å². The third-order valence-corrected chi connectivity index (χ3v) is 3.35. The zero-order valence-corrected chi connectivity index (χ0v) is 9.64. The molecule has 0 aliphatic heterocycles. The van der Waals surface area contributed by atoms with E-state index < -0.39 is 29.4 Å². The molecule has 1 rings (SSSR count). The highest BCUT2D eigenvalue weighted by molar-refractivity contribution is 7.86. The van der Waals surface area contributed by atoms with Crippen LogP contribution in [0.3, 0.4) is 0 Å². The smallest absolute Gasteiger partial charge is 0.297 e. The molecule has 2 N–H and O–H groups in total. The third-order valence-electron chi connectivity index (χ3n) is 1.98. The molecule has 0 aliphatic rings. The lowest BCUT2D eigenvalue weighted by atomic mass is 10.2. The summed E-state index contributed by atoms with van der Waals surface area (Å²) in [5.74, 6) is 0. The van der Waals surface area contributed by atoms with Gasteiger partial charge >= 0.3 is 0 Å². The summed E-state index contributed by atoms with van der Waals surface area (Å²) >= 11 is 0. The summed E-state index contributed by atoms with van der Waals surface area (Å²) in [7, 11) is -3.92. The van der Waals surface area contributed by atoms with Crippen molar-refractivity contribution in [3.8, 4) is 0 Å². The van der Waals surface area contributed by atoms with Gasteiger partial charge in [0, 0.05) is 0 Å². The fourth-order valence-corrected chi connectivity index (χ4v) is 2.12. The Kier molecular flexibility index (Phi) is 4.43. The fraction of sp³-hybridized carbons (Fsp3) is 0.400. The van der Waals surface area contributed by atoms with E-state index in [0.29, 0.717) is 0 Å². The van der Waals surface area contributed by atoms with Crippen LogP contribution >= 0.6 is 0 Å². The van der Waals surface area contributed by atoms with Gasteiger partial charge < -0.3 is 10.2 Å². The number of rotatable bonds is 5. The van der Waals surface area contributed by atoms with Gasteiger partial charge in [0.2, 0.25) is 0 Å². The summed E-state index contributed by atoms with van der Waals surface area (Å²) in [5, 5.41) is 17.5. The van der Waals surface area contributed by atoms with Crippen LogP contribution in [0.2, 0.25) is 0 Å². The molecule has 90 valence electrons. The molecule has 0 fully saturated rings. The monoisotopic (exact) mass is 246 g/mol. The standard InChI is InChI=1S/C10H14O5S/c1-8-2-4-10(5-3-8)16(13,14)15-9(6-11)7-12/h2-5,9,11-12H,6-7H2,1H3. The average molecular weight is 246 g/mol. The fourth-order valence-electron chi connectivity index (χ4n) is 1.06. The van der Waals surface area contributed by atoms with Crippen LogP contribution in [0, 0.1) is 6.92 Å². The van der Waals surface area contributed by atoms with Crippen molar-refractivity contribution in [3.05, 3.63) is 29.8 Å². The second kappa shape index (κ2) is 5.40. The molecule has 6 heteroatoms. The summed E-state index contributed by atoms with van der Waals surface area (Å²) in [6, 6.07) is 6.11. The predicted molar refractivity (Wildman–Crippen MR) is 57.4 cm³/mol. The zero-order valence-electron chi connectivity index (χ0n) is 8.83. The summed E-state index contributed by atoms with van der Waals surface area (Å²) in [6.45, 7) is 0.727. The maximum atomic E-state index is 11.6. The van der Waals surface area contributed by atoms with Crippen molar-refractivity contribution in [1.82, 2.24) is 0 Å². The van der Waals surface area contributed by atoms with Gasteiger partial charge in [-0.1, -0.05) is 17.7 Å². The van der Waals surface area contributed by atoms with Crippen LogP contribution in [0.25, 0.3) is 0 Å². The van der Waals surface area contributed by atoms with Crippen molar-refractivity contribution in [2.45, 2.75) is 17.9 Å². The Morgan fingerprint density at radius 1 is 1.19 bits per heavy atom. The van der Waals surface area contributed by atoms with E-state index in [2.05, 4.69) is 4.18 Å². The summed E-state index contributed by atoms with van der Waals surface area (Å²) in [5.41, 5.74) is 0.930. The molecule has 0 saturated heterocycles. The molecule has 0 bridgehead atoms. The van der Waals surface area contributed by atoms with Crippen LogP contribution in [-0.4, -0.2) is 37.9 Å². The van der Waals surface area contributed by atoms with Gasteiger partial charge in [-0.25, -0.2) is 0 Å². The van der Waals surface area contributed by atoms with Crippen LogP contribution in [-0.2, 0) is 14.3 Å². The quantitative estimate of drug-likeness (QED) is 0.717. The Morgan fingerprint density at radius 3 is 2.12 bits per heavy atom. The summed E-state index contributed by atoms with van der Waals surface area (Å²) < 4.78 is 27.9. The Labute approximate surface area is 94.4 Å². The second-order valence-corrected chi connectivity index (χ2v) is 4.92. The van der Waals surface area contributed by atoms with E-state index >= 15 is 0 Å². The van der Waals surface area contributed by atoms with Crippen LogP contribution < -0.4 is 0 Å². The minimum absolute atomic E-state index is 0.00463. The first-order valence-corrected chi connectivity index (χ1v) is 6.12. The molecule has 0 heterocycles. The molecule has 0 aromatic heterocycles. The number of aliphatic hydroxyl groups is 2. The van der Waals surface area contributed by atoms with Crippen LogP contribution in [0.15, 0.2) is 29.2 Å². The molecule has 1 aromatic carbocycles. The molecule has 5 nitrogen and oxygen atoms in total. The highest BCUT2D eigenvalue weighted by atomic mass is 32.2. The van der Waals surface area contributed by atoms with E-state index in [-0.39, 0.29) is 4.90 Å². The SMILES string of the molecule is Cc1ccc(S(=O)(=O)OC(CO)CO)cc1. The normalized spacial score (nSPS) is 12.0. The van der Waals surface area contributed by atoms with Crippen molar-refractivity contribution in [1.29, 1.82) is 0 Å². The number of hydrogen-bond acceptors (Lipinski definition) is 5. The molecule has 1 aromatic rings. The van der Waals surface area contributed by atoms with Gasteiger partial charge in [0.25, 0.3) is 10.1 Å². The molecule has 16 heavy (non-hydrogen) atoms. The zero-order chi connectivity index (χ0) is 12.2. The first-order valence-electron chi connectivity index (χ1n) is 4.71. The molecule has 0 amide bonds. The van der Waals surface area contributed by atoms with Gasteiger partial charge in [0.1, 0.15) is 6.10 Å². The lowest BCUT2D eigenvalue weighted by molar-refractivity contribution is 0.0675. The first-order chi connectivity index (χ1) is 7.49. The lowest BCUT2D eigenvalue weighted by Crippen LogP contribution is -2.25. The number of aryl methyl sites for hydroxylation is 1. The molecule has 0 radical (unpaired) electrons. The van der Waals surface area contributed by atoms with E-state index in [4.69, 9.17) is 10.2 Å². The van der Waals surface area contributed by atoms with Crippen molar-refractivity contribution in [2.75, 3.05) is 13.2 Å². The predicted octanol–water partition coefficient (Wildman–Crippen LogP) is 0.0535. The number of benzene rings is 1. The molecule has 0 aliphatic carbocycles. The maximum Gasteiger partial charge on any atom is 0.297 e. The van der Waals surface area contributed by atoms with Crippen LogP contribution in [0.1, 0.15) is 5.56 Å². The highest BCUT2D eigenvalue weighted by Gasteiger charge is 2.20. The first kappa shape index (κ1) is 13.1. The minimum Gasteiger partial charge on any atom is -0.394 e. The lowest BCUT2D eigenvalue weighted by Gasteiger charge is -2.12. The van der Waals surface area contributed by atoms with Crippen LogP contribution in [0.5, 0.6) is 0 Å². The van der Waals surface area contributed by atoms with E-state index in [1.165, 1.54) is 12.1 Å². The number of hydrogen-bond donors (Lipinski definition) is 2. The summed E-state index contributed by atoms with van der Waals surface area (Å²) in [6.07, 6.45) is -1.12. The van der Waals surface area contributed by atoms with Gasteiger partial charge in [-0.15, -0.1) is 0 Å². The van der Waals surface area contributed by atoms with Crippen molar-refractivity contribution < 1.29 is 22.8 Å². The molecular weight excluding hydrogens is 232 g/mol. The van der Waals surface area contributed by atoms with Crippen LogP contribution in [0.4, 0.5) is 0 Å². The van der Waals surface area contributed by atoms with Gasteiger partial charge in [0.15, 0.2) is 0 Å². The molecule has 0 unspecified atom stereocenters. The topological polar surface area (TPSA) is 83.8 Å². The van der Waals surface area contributed by atoms with E-state index in [9.17, 15) is 8.42 Å². The highest BCUT2D eigenvalue weighted by Crippen LogP contribution is 2.14. The van der Waals surface area contributed by atoms with E-state index in [0.717, 1.165) is 5.56 Å². The second-order valence-electron chi connectivity index (χ2n) is 3.35. The van der Waals surface area contributed by atoms with Gasteiger partial charge in [-0.2, -0.15) is 8.42 Å². The Morgan fingerprint density at radius 2 is 1.69 bits per heavy atom. The van der Waals surface area contributed by atoms with Crippen molar-refractivity contribution in [3.63, 3.8) is 0 Å². The molecular formula is C10H14O5S. The largest absolute Gasteiger partial charge is 0.394 e. The van der Waals surface area contributed by atoms with Crippen molar-refractivity contribution >= 4 is 10.1 Å². The Bertz CT molecular complexity index is 419. The Balaban J connectivity index is 2.89. The van der Waals surface area contributed by atoms with Gasteiger partial charge in [-0.05, 0) is 19.1 Å². The van der Waals surface area contributed by atoms with E-state index in [1.54, 1.807) is 12.1 Å². The molecule has 0 atom stereocenters. The number of aliphatic hydroxyl groups excluding tert-OH is 2. The Hall–Kier alpha value is -0.950. The maximum absolute atomic E-state index is 11.6. The molecule has 0 saturated carbocycles. The third kappa shape index (κ3) is 3.28. The van der Waals surface area contributed by atoms with Gasteiger partial charge in [-0.3, -0.25) is 4.18 Å². The van der Waals surface area contributed by atoms with E-state index in [1.807, 2.05) is 6.92 Å². The summed E-state index contributed by atoms with van der Waals surface area (Å²) in [4.78, 5) is 0.00463. The van der Waals surface area contributed by atoms with Gasteiger partial charge in [0.05, 0.1) is 18.1 Å². The minimum atomic E-state index is -3.92.